The van der Waals surface area contributed by atoms with Crippen LogP contribution in [0.5, 0.6) is 0 Å². The summed E-state index contributed by atoms with van der Waals surface area (Å²) in [5.41, 5.74) is 5.35. The molecule has 0 amide bonds. The van der Waals surface area contributed by atoms with Gasteiger partial charge in [0.25, 0.3) is 0 Å². The van der Waals surface area contributed by atoms with Gasteiger partial charge in [0.2, 0.25) is 0 Å². The lowest BCUT2D eigenvalue weighted by Gasteiger charge is -2.19. The molecule has 2 atom stereocenters. The molecule has 0 spiro atoms. The third kappa shape index (κ3) is 49.0. The molecule has 0 aromatic heterocycles. The summed E-state index contributed by atoms with van der Waals surface area (Å²) in [6.45, 7) is 3.55. The molecule has 0 bridgehead atoms. The van der Waals surface area contributed by atoms with Crippen LogP contribution in [-0.2, 0) is 32.7 Å². The summed E-state index contributed by atoms with van der Waals surface area (Å²) in [4.78, 5) is 34.9. The molecule has 63 heavy (non-hydrogen) atoms. The number of esters is 2. The van der Waals surface area contributed by atoms with E-state index >= 15 is 0 Å². The van der Waals surface area contributed by atoms with Crippen molar-refractivity contribution in [1.29, 1.82) is 0 Å². The maximum atomic E-state index is 12.5. The average Bonchev–Trinajstić information content (AvgIpc) is 3.27. The summed E-state index contributed by atoms with van der Waals surface area (Å²) >= 11 is 0. The zero-order valence-corrected chi connectivity index (χ0v) is 41.4. The Kier molecular flexibility index (Phi) is 47.4. The van der Waals surface area contributed by atoms with Gasteiger partial charge in [-0.05, 0) is 64.2 Å². The highest BCUT2D eigenvalue weighted by Gasteiger charge is 2.26. The molecule has 0 aliphatic rings. The smallest absolute Gasteiger partial charge is 0.462 e. The zero-order valence-electron chi connectivity index (χ0n) is 40.6. The van der Waals surface area contributed by atoms with Crippen molar-refractivity contribution < 1.29 is 37.6 Å². The van der Waals surface area contributed by atoms with Crippen LogP contribution in [0.25, 0.3) is 0 Å². The molecule has 0 aromatic rings. The van der Waals surface area contributed by atoms with E-state index in [9.17, 15) is 19.0 Å². The van der Waals surface area contributed by atoms with Crippen LogP contribution in [0.2, 0.25) is 0 Å². The minimum atomic E-state index is -4.40. The van der Waals surface area contributed by atoms with Crippen LogP contribution < -0.4 is 5.73 Å². The van der Waals surface area contributed by atoms with Gasteiger partial charge in [-0.15, -0.1) is 0 Å². The predicted octanol–water partition coefficient (Wildman–Crippen LogP) is 15.6. The van der Waals surface area contributed by atoms with Crippen LogP contribution in [0.15, 0.2) is 60.8 Å². The van der Waals surface area contributed by atoms with Crippen molar-refractivity contribution in [2.75, 3.05) is 26.4 Å². The number of unbranched alkanes of at least 4 members (excludes halogenated alkanes) is 25. The number of phosphoric ester groups is 1. The van der Waals surface area contributed by atoms with Crippen LogP contribution in [0.4, 0.5) is 0 Å². The molecule has 0 aromatic carbocycles. The van der Waals surface area contributed by atoms with E-state index in [2.05, 4.69) is 62.5 Å². The summed E-state index contributed by atoms with van der Waals surface area (Å²) in [5, 5.41) is 0. The van der Waals surface area contributed by atoms with E-state index in [0.717, 1.165) is 44.9 Å². The molecule has 366 valence electrons. The molecular formula is C53H96NO8P. The molecular weight excluding hydrogens is 810 g/mol. The first kappa shape index (κ1) is 60.7. The van der Waals surface area contributed by atoms with Crippen molar-refractivity contribution in [3.8, 4) is 0 Å². The Morgan fingerprint density at radius 2 is 0.905 bits per heavy atom. The number of allylic oxidation sites excluding steroid dienone is 10. The van der Waals surface area contributed by atoms with Gasteiger partial charge in [0.05, 0.1) is 13.2 Å². The van der Waals surface area contributed by atoms with Crippen LogP contribution in [-0.4, -0.2) is 49.3 Å². The highest BCUT2D eigenvalue weighted by Crippen LogP contribution is 2.43. The molecule has 0 fully saturated rings. The molecule has 10 heteroatoms. The monoisotopic (exact) mass is 906 g/mol. The molecule has 0 heterocycles. The number of hydrogen-bond acceptors (Lipinski definition) is 8. The Morgan fingerprint density at radius 3 is 1.37 bits per heavy atom. The van der Waals surface area contributed by atoms with Gasteiger partial charge < -0.3 is 20.1 Å². The summed E-state index contributed by atoms with van der Waals surface area (Å²) < 4.78 is 32.8. The van der Waals surface area contributed by atoms with Crippen molar-refractivity contribution >= 4 is 19.8 Å². The zero-order chi connectivity index (χ0) is 46.0. The summed E-state index contributed by atoms with van der Waals surface area (Å²) in [5.74, 6) is -0.919. The van der Waals surface area contributed by atoms with Crippen molar-refractivity contribution in [1.82, 2.24) is 0 Å². The third-order valence-electron chi connectivity index (χ3n) is 10.9. The van der Waals surface area contributed by atoms with Gasteiger partial charge in [-0.3, -0.25) is 18.6 Å². The Labute approximate surface area is 387 Å². The van der Waals surface area contributed by atoms with E-state index in [1.807, 2.05) is 12.2 Å². The summed E-state index contributed by atoms with van der Waals surface area (Å²) in [6, 6.07) is 0. The van der Waals surface area contributed by atoms with Crippen LogP contribution >= 0.6 is 7.82 Å². The fourth-order valence-electron chi connectivity index (χ4n) is 7.12. The van der Waals surface area contributed by atoms with Crippen LogP contribution in [0.1, 0.15) is 232 Å². The Bertz CT molecular complexity index is 1220. The molecule has 0 rings (SSSR count). The fraction of sp³-hybridized carbons (Fsp3) is 0.774. The first-order valence-corrected chi connectivity index (χ1v) is 27.3. The number of rotatable bonds is 48. The van der Waals surface area contributed by atoms with E-state index in [1.165, 1.54) is 154 Å². The lowest BCUT2D eigenvalue weighted by Crippen LogP contribution is -2.29. The largest absolute Gasteiger partial charge is 0.472 e. The number of phosphoric acid groups is 1. The minimum Gasteiger partial charge on any atom is -0.462 e. The Balaban J connectivity index is 3.94. The topological polar surface area (TPSA) is 134 Å². The van der Waals surface area contributed by atoms with Crippen molar-refractivity contribution in [3.05, 3.63) is 60.8 Å². The molecule has 0 aliphatic heterocycles. The van der Waals surface area contributed by atoms with Crippen LogP contribution in [0.3, 0.4) is 0 Å². The van der Waals surface area contributed by atoms with E-state index in [0.29, 0.717) is 6.42 Å². The number of carbonyl (C=O) groups excluding carboxylic acids is 2. The molecule has 0 saturated heterocycles. The number of hydrogen-bond donors (Lipinski definition) is 2. The Morgan fingerprint density at radius 1 is 0.492 bits per heavy atom. The van der Waals surface area contributed by atoms with Gasteiger partial charge in [-0.25, -0.2) is 4.57 Å². The molecule has 9 nitrogen and oxygen atoms in total. The lowest BCUT2D eigenvalue weighted by atomic mass is 10.0. The van der Waals surface area contributed by atoms with Gasteiger partial charge in [-0.1, -0.05) is 216 Å². The van der Waals surface area contributed by atoms with E-state index in [-0.39, 0.29) is 32.6 Å². The normalized spacial score (nSPS) is 13.7. The fourth-order valence-corrected chi connectivity index (χ4v) is 7.88. The van der Waals surface area contributed by atoms with Crippen LogP contribution in [0, 0.1) is 0 Å². The minimum absolute atomic E-state index is 0.0415. The summed E-state index contributed by atoms with van der Waals surface area (Å²) in [7, 11) is -4.40. The maximum absolute atomic E-state index is 12.5. The molecule has 0 aliphatic carbocycles. The SMILES string of the molecule is CC/C=C\C/C=C\C/C=C\C/C=C\CCC(=O)OC(COC(=O)CCCCCCCCCCCCCCCCCCC/C=C\CCCCCCCCCC)COP(=O)(O)OCCN. The van der Waals surface area contributed by atoms with E-state index < -0.39 is 32.5 Å². The van der Waals surface area contributed by atoms with Gasteiger partial charge in [-0.2, -0.15) is 0 Å². The highest BCUT2D eigenvalue weighted by molar-refractivity contribution is 7.47. The molecule has 0 saturated carbocycles. The second kappa shape index (κ2) is 49.2. The van der Waals surface area contributed by atoms with Crippen molar-refractivity contribution in [2.45, 2.75) is 238 Å². The molecule has 3 N–H and O–H groups in total. The average molecular weight is 906 g/mol. The number of nitrogens with two attached hydrogens (primary N) is 1. The lowest BCUT2D eigenvalue weighted by molar-refractivity contribution is -0.161. The van der Waals surface area contributed by atoms with Gasteiger partial charge >= 0.3 is 19.8 Å². The highest BCUT2D eigenvalue weighted by atomic mass is 31.2. The van der Waals surface area contributed by atoms with Gasteiger partial charge in [0.15, 0.2) is 6.10 Å². The number of carbonyl (C=O) groups is 2. The van der Waals surface area contributed by atoms with Gasteiger partial charge in [0.1, 0.15) is 6.61 Å². The van der Waals surface area contributed by atoms with Crippen molar-refractivity contribution in [2.24, 2.45) is 5.73 Å². The second-order valence-corrected chi connectivity index (χ2v) is 18.5. The quantitative estimate of drug-likeness (QED) is 0.0265. The molecule has 2 unspecified atom stereocenters. The standard InChI is InChI=1S/C53H96NO8P/c1-3-5-7-9-11-13-15-17-18-19-20-21-22-23-24-25-26-27-28-29-30-31-32-34-35-37-39-41-43-45-52(55)59-49-51(50-61-63(57,58)60-48-47-54)62-53(56)46-44-42-40-38-36-33-16-14-12-10-8-6-4-2/h6,8,12,14,19-20,33,36,40,42,51H,3-5,7,9-11,13,15-18,21-32,34-35,37-39,41,43-50,54H2,1-2H3,(H,57,58)/b8-6-,14-12-,20-19-,36-33-,42-40-. The molecule has 0 radical (unpaired) electrons. The maximum Gasteiger partial charge on any atom is 0.472 e. The van der Waals surface area contributed by atoms with E-state index in [4.69, 9.17) is 24.3 Å². The first-order chi connectivity index (χ1) is 30.8. The Hall–Kier alpha value is -2.29. The first-order valence-electron chi connectivity index (χ1n) is 25.8. The predicted molar refractivity (Wildman–Crippen MR) is 266 cm³/mol. The van der Waals surface area contributed by atoms with E-state index in [1.54, 1.807) is 0 Å². The number of ether oxygens (including phenoxy) is 2. The van der Waals surface area contributed by atoms with Crippen molar-refractivity contribution in [3.63, 3.8) is 0 Å². The summed E-state index contributed by atoms with van der Waals surface area (Å²) in [6.07, 6.45) is 60.2. The van der Waals surface area contributed by atoms with Gasteiger partial charge in [0, 0.05) is 19.4 Å². The second-order valence-electron chi connectivity index (χ2n) is 17.0. The third-order valence-corrected chi connectivity index (χ3v) is 11.9.